The molecule has 9 heteroatoms. The molecule has 0 unspecified atom stereocenters. The van der Waals surface area contributed by atoms with Crippen LogP contribution in [-0.4, -0.2) is 17.1 Å². The molecule has 3 aromatic carbocycles. The zero-order chi connectivity index (χ0) is 22.8. The lowest BCUT2D eigenvalue weighted by Crippen LogP contribution is -2.14. The van der Waals surface area contributed by atoms with Gasteiger partial charge in [-0.05, 0) is 24.0 Å². The van der Waals surface area contributed by atoms with E-state index in [-0.39, 0.29) is 34.9 Å². The number of aromatic nitrogens is 1. The highest BCUT2D eigenvalue weighted by Gasteiger charge is 2.24. The number of nitrogens with two attached hydrogens (primary N) is 1. The number of nitrogen functional groups attached to an aromatic ring is 1. The first-order chi connectivity index (χ1) is 15.4. The van der Waals surface area contributed by atoms with Gasteiger partial charge >= 0.3 is 0 Å². The van der Waals surface area contributed by atoms with Gasteiger partial charge in [0.1, 0.15) is 18.3 Å². The van der Waals surface area contributed by atoms with E-state index in [1.807, 2.05) is 30.3 Å². The quantitative estimate of drug-likeness (QED) is 0.182. The van der Waals surface area contributed by atoms with Crippen molar-refractivity contribution in [1.82, 2.24) is 4.98 Å². The lowest BCUT2D eigenvalue weighted by atomic mass is 10.1. The number of ether oxygens (including phenoxy) is 2. The van der Waals surface area contributed by atoms with Crippen molar-refractivity contribution in [3.63, 3.8) is 0 Å². The second-order valence-corrected chi connectivity index (χ2v) is 7.64. The first-order valence-electron chi connectivity index (χ1n) is 9.45. The van der Waals surface area contributed by atoms with E-state index in [1.54, 1.807) is 12.3 Å². The summed E-state index contributed by atoms with van der Waals surface area (Å²) in [5, 5.41) is 8.04. The molecule has 32 heavy (non-hydrogen) atoms. The number of benzene rings is 3. The van der Waals surface area contributed by atoms with Crippen LogP contribution in [0.3, 0.4) is 0 Å². The number of hydrogen-bond acceptors (Lipinski definition) is 4. The fourth-order valence-electron chi connectivity index (χ4n) is 3.24. The van der Waals surface area contributed by atoms with Gasteiger partial charge in [0.2, 0.25) is 5.82 Å². The predicted octanol–water partition coefficient (Wildman–Crippen LogP) is 5.96. The van der Waals surface area contributed by atoms with Gasteiger partial charge in [0.25, 0.3) is 0 Å². The van der Waals surface area contributed by atoms with Gasteiger partial charge in [0.05, 0.1) is 16.0 Å². The average Bonchev–Trinajstić information content (AvgIpc) is 3.27. The Morgan fingerprint density at radius 1 is 1.06 bits per heavy atom. The summed E-state index contributed by atoms with van der Waals surface area (Å²) >= 11 is 1.17. The number of H-pyrrole nitrogens is 1. The van der Waals surface area contributed by atoms with Crippen LogP contribution < -0.4 is 15.2 Å². The molecular weight excluding hydrogens is 439 g/mol. The Morgan fingerprint density at radius 3 is 2.50 bits per heavy atom. The zero-order valence-corrected chi connectivity index (χ0v) is 17.7. The molecule has 1 aromatic heterocycles. The molecule has 1 heterocycles. The Kier molecular flexibility index (Phi) is 6.00. The van der Waals surface area contributed by atoms with Crippen LogP contribution in [0, 0.1) is 22.9 Å². The third-order valence-corrected chi connectivity index (χ3v) is 5.60. The molecule has 0 saturated heterocycles. The summed E-state index contributed by atoms with van der Waals surface area (Å²) in [6.07, 6.45) is 3.20. The van der Waals surface area contributed by atoms with Crippen LogP contribution in [-0.2, 0) is 6.61 Å². The van der Waals surface area contributed by atoms with Gasteiger partial charge in [0, 0.05) is 17.6 Å². The molecule has 4 N–H and O–H groups in total. The summed E-state index contributed by atoms with van der Waals surface area (Å²) in [6, 6.07) is 12.9. The number of nitrogens with one attached hydrogen (secondary N) is 2. The van der Waals surface area contributed by atoms with Crippen LogP contribution >= 0.6 is 11.8 Å². The molecular formula is C23H18F3N3O2S. The summed E-state index contributed by atoms with van der Waals surface area (Å²) in [4.78, 5) is 3.02. The number of amidine groups is 1. The molecule has 0 atom stereocenters. The van der Waals surface area contributed by atoms with E-state index in [4.69, 9.17) is 20.6 Å². The fourth-order valence-corrected chi connectivity index (χ4v) is 3.95. The molecule has 0 fully saturated rings. The van der Waals surface area contributed by atoms with Gasteiger partial charge in [-0.1, -0.05) is 30.3 Å². The van der Waals surface area contributed by atoms with Gasteiger partial charge in [-0.3, -0.25) is 5.41 Å². The van der Waals surface area contributed by atoms with Gasteiger partial charge < -0.3 is 20.2 Å². The van der Waals surface area contributed by atoms with E-state index >= 15 is 0 Å². The van der Waals surface area contributed by atoms with Crippen LogP contribution in [0.25, 0.3) is 10.9 Å². The maximum absolute atomic E-state index is 14.9. The summed E-state index contributed by atoms with van der Waals surface area (Å²) in [5.74, 6) is -4.16. The third-order valence-electron chi connectivity index (χ3n) is 4.79. The van der Waals surface area contributed by atoms with E-state index in [0.717, 1.165) is 17.7 Å². The maximum atomic E-state index is 14.9. The molecule has 0 aliphatic carbocycles. The Balaban J connectivity index is 1.81. The molecule has 4 aromatic rings. The smallest absolute Gasteiger partial charge is 0.204 e. The number of fused-ring (bicyclic) bond motifs is 1. The van der Waals surface area contributed by atoms with Gasteiger partial charge in [-0.15, -0.1) is 11.8 Å². The lowest BCUT2D eigenvalue weighted by molar-refractivity contribution is 0.286. The molecule has 0 saturated carbocycles. The highest BCUT2D eigenvalue weighted by Crippen LogP contribution is 2.44. The summed E-state index contributed by atoms with van der Waals surface area (Å²) in [6.45, 7) is 0.0825. The molecule has 0 radical (unpaired) electrons. The highest BCUT2D eigenvalue weighted by molar-refractivity contribution is 7.99. The van der Waals surface area contributed by atoms with Gasteiger partial charge in [-0.25, -0.2) is 8.78 Å². The van der Waals surface area contributed by atoms with E-state index in [0.29, 0.717) is 10.3 Å². The Labute approximate surface area is 185 Å². The molecule has 0 spiro atoms. The molecule has 4 rings (SSSR count). The van der Waals surface area contributed by atoms with Gasteiger partial charge in [-0.2, -0.15) is 4.39 Å². The van der Waals surface area contributed by atoms with E-state index < -0.39 is 23.3 Å². The van der Waals surface area contributed by atoms with E-state index in [2.05, 4.69) is 4.98 Å². The van der Waals surface area contributed by atoms with Crippen molar-refractivity contribution in [2.75, 3.05) is 6.26 Å². The lowest BCUT2D eigenvalue weighted by Gasteiger charge is -2.17. The van der Waals surface area contributed by atoms with Crippen molar-refractivity contribution < 1.29 is 22.6 Å². The number of thioether (sulfide) groups is 1. The minimum atomic E-state index is -1.20. The molecule has 0 aliphatic rings. The Bertz CT molecular complexity index is 1310. The molecule has 0 bridgehead atoms. The largest absolute Gasteiger partial charge is 0.485 e. The Morgan fingerprint density at radius 2 is 1.81 bits per heavy atom. The summed E-state index contributed by atoms with van der Waals surface area (Å²) in [7, 11) is 0. The number of aromatic amines is 1. The summed E-state index contributed by atoms with van der Waals surface area (Å²) in [5.41, 5.74) is 6.05. The van der Waals surface area contributed by atoms with Crippen molar-refractivity contribution in [3.05, 3.63) is 83.3 Å². The van der Waals surface area contributed by atoms with Crippen LogP contribution in [0.15, 0.2) is 59.6 Å². The highest BCUT2D eigenvalue weighted by atomic mass is 32.2. The molecule has 0 aliphatic heterocycles. The van der Waals surface area contributed by atoms with Crippen molar-refractivity contribution in [3.8, 4) is 17.2 Å². The van der Waals surface area contributed by atoms with E-state index in [1.165, 1.54) is 18.0 Å². The molecule has 5 nitrogen and oxygen atoms in total. The standard InChI is InChI=1S/C23H18F3N3O2S/c1-32-22-13-7-8-29-20(13)18(25)19(26)21(22)31-17-9-14(23(27)28)15(24)10-16(17)30-11-12-5-3-2-4-6-12/h2-10,29H,11H2,1H3,(H3,27,28). The average molecular weight is 457 g/mol. The number of halogens is 3. The maximum Gasteiger partial charge on any atom is 0.204 e. The molecule has 0 amide bonds. The first kappa shape index (κ1) is 21.6. The first-order valence-corrected chi connectivity index (χ1v) is 10.7. The van der Waals surface area contributed by atoms with Crippen molar-refractivity contribution >= 4 is 28.5 Å². The van der Waals surface area contributed by atoms with Crippen molar-refractivity contribution in [2.24, 2.45) is 5.73 Å². The van der Waals surface area contributed by atoms with E-state index in [9.17, 15) is 13.2 Å². The minimum absolute atomic E-state index is 0.0169. The van der Waals surface area contributed by atoms with Crippen LogP contribution in [0.1, 0.15) is 11.1 Å². The van der Waals surface area contributed by atoms with Crippen LogP contribution in [0.5, 0.6) is 17.2 Å². The third kappa shape index (κ3) is 3.99. The van der Waals surface area contributed by atoms with Crippen LogP contribution in [0.4, 0.5) is 13.2 Å². The van der Waals surface area contributed by atoms with Crippen molar-refractivity contribution in [1.29, 1.82) is 5.41 Å². The zero-order valence-electron chi connectivity index (χ0n) is 16.8. The van der Waals surface area contributed by atoms with Crippen molar-refractivity contribution in [2.45, 2.75) is 11.5 Å². The molecule has 164 valence electrons. The number of rotatable bonds is 7. The normalized spacial score (nSPS) is 11.0. The second-order valence-electron chi connectivity index (χ2n) is 6.83. The number of hydrogen-bond donors (Lipinski definition) is 3. The topological polar surface area (TPSA) is 84.1 Å². The minimum Gasteiger partial charge on any atom is -0.485 e. The SMILES string of the molecule is CSc1c(Oc2cc(C(=N)N)c(F)cc2OCc2ccccc2)c(F)c(F)c2[nH]ccc12. The second kappa shape index (κ2) is 8.88. The fraction of sp³-hybridized carbons (Fsp3) is 0.0870. The summed E-state index contributed by atoms with van der Waals surface area (Å²) < 4.78 is 55.5. The monoisotopic (exact) mass is 457 g/mol. The predicted molar refractivity (Wildman–Crippen MR) is 118 cm³/mol. The Hall–Kier alpha value is -3.59. The van der Waals surface area contributed by atoms with Crippen LogP contribution in [0.2, 0.25) is 0 Å². The van der Waals surface area contributed by atoms with Gasteiger partial charge in [0.15, 0.2) is 23.1 Å².